The zero-order chi connectivity index (χ0) is 13.7. The van der Waals surface area contributed by atoms with Crippen LogP contribution in [-0.2, 0) is 13.0 Å². The van der Waals surface area contributed by atoms with Gasteiger partial charge in [-0.1, -0.05) is 47.5 Å². The fourth-order valence-corrected chi connectivity index (χ4v) is 2.43. The summed E-state index contributed by atoms with van der Waals surface area (Å²) in [5, 5.41) is 4.20. The number of nitrogens with one attached hydrogen (secondary N) is 1. The molecule has 3 heteroatoms. The molecule has 0 aliphatic heterocycles. The van der Waals surface area contributed by atoms with Gasteiger partial charge in [0, 0.05) is 11.0 Å². The van der Waals surface area contributed by atoms with Crippen LogP contribution in [-0.4, -0.2) is 6.54 Å². The van der Waals surface area contributed by atoms with Crippen molar-refractivity contribution < 1.29 is 0 Å². The van der Waals surface area contributed by atoms with Gasteiger partial charge in [-0.2, -0.15) is 0 Å². The number of aryl methyl sites for hydroxylation is 1. The molecule has 2 aromatic rings. The van der Waals surface area contributed by atoms with Crippen LogP contribution in [0.3, 0.4) is 0 Å². The third-order valence-corrected chi connectivity index (χ3v) is 4.22. The normalized spacial score (nSPS) is 10.7. The summed E-state index contributed by atoms with van der Waals surface area (Å²) in [4.78, 5) is 0. The lowest BCUT2D eigenvalue weighted by molar-refractivity contribution is 0.687. The molecule has 0 fully saturated rings. The van der Waals surface area contributed by atoms with Crippen molar-refractivity contribution in [3.05, 3.63) is 68.7 Å². The molecule has 0 atom stereocenters. The van der Waals surface area contributed by atoms with E-state index in [1.54, 1.807) is 0 Å². The van der Waals surface area contributed by atoms with Gasteiger partial charge < -0.3 is 5.32 Å². The SMILES string of the molecule is Cc1cccc(CCNCc2ccc(Br)c(Cl)c2)c1. The number of hydrogen-bond donors (Lipinski definition) is 1. The van der Waals surface area contributed by atoms with E-state index in [1.807, 2.05) is 12.1 Å². The predicted octanol–water partition coefficient (Wildman–Crippen LogP) is 4.74. The van der Waals surface area contributed by atoms with E-state index in [4.69, 9.17) is 11.6 Å². The Morgan fingerprint density at radius 2 is 1.95 bits per heavy atom. The van der Waals surface area contributed by atoms with Gasteiger partial charge in [0.15, 0.2) is 0 Å². The summed E-state index contributed by atoms with van der Waals surface area (Å²) < 4.78 is 0.942. The smallest absolute Gasteiger partial charge is 0.0551 e. The van der Waals surface area contributed by atoms with Crippen LogP contribution in [0.5, 0.6) is 0 Å². The Morgan fingerprint density at radius 1 is 1.11 bits per heavy atom. The molecule has 2 rings (SSSR count). The van der Waals surface area contributed by atoms with Crippen molar-refractivity contribution in [1.82, 2.24) is 5.32 Å². The molecule has 100 valence electrons. The number of rotatable bonds is 5. The van der Waals surface area contributed by atoms with E-state index in [1.165, 1.54) is 16.7 Å². The van der Waals surface area contributed by atoms with Crippen LogP contribution in [0.15, 0.2) is 46.9 Å². The zero-order valence-electron chi connectivity index (χ0n) is 10.9. The molecule has 0 spiro atoms. The third kappa shape index (κ3) is 4.64. The standard InChI is InChI=1S/C16H17BrClN/c1-12-3-2-4-13(9-12)7-8-19-11-14-5-6-15(17)16(18)10-14/h2-6,9-10,19H,7-8,11H2,1H3. The van der Waals surface area contributed by atoms with Gasteiger partial charge in [-0.3, -0.25) is 0 Å². The first kappa shape index (κ1) is 14.6. The minimum atomic E-state index is 0.762. The highest BCUT2D eigenvalue weighted by atomic mass is 79.9. The van der Waals surface area contributed by atoms with Gasteiger partial charge in [0.25, 0.3) is 0 Å². The van der Waals surface area contributed by atoms with Crippen LogP contribution in [0, 0.1) is 6.92 Å². The molecule has 0 aliphatic carbocycles. The van der Waals surface area contributed by atoms with E-state index < -0.39 is 0 Å². The monoisotopic (exact) mass is 337 g/mol. The first-order valence-corrected chi connectivity index (χ1v) is 7.52. The molecular weight excluding hydrogens is 322 g/mol. The number of benzene rings is 2. The van der Waals surface area contributed by atoms with Crippen LogP contribution in [0.1, 0.15) is 16.7 Å². The van der Waals surface area contributed by atoms with Gasteiger partial charge in [-0.25, -0.2) is 0 Å². The molecule has 1 nitrogen and oxygen atoms in total. The predicted molar refractivity (Wildman–Crippen MR) is 85.7 cm³/mol. The quantitative estimate of drug-likeness (QED) is 0.776. The zero-order valence-corrected chi connectivity index (χ0v) is 13.3. The van der Waals surface area contributed by atoms with Crippen molar-refractivity contribution in [2.24, 2.45) is 0 Å². The number of halogens is 2. The number of hydrogen-bond acceptors (Lipinski definition) is 1. The summed E-state index contributed by atoms with van der Waals surface area (Å²) >= 11 is 9.46. The summed E-state index contributed by atoms with van der Waals surface area (Å²) in [5.74, 6) is 0. The largest absolute Gasteiger partial charge is 0.312 e. The molecule has 0 bridgehead atoms. The molecule has 1 N–H and O–H groups in total. The van der Waals surface area contributed by atoms with E-state index in [9.17, 15) is 0 Å². The van der Waals surface area contributed by atoms with Gasteiger partial charge in [-0.05, 0) is 59.1 Å². The fraction of sp³-hybridized carbons (Fsp3) is 0.250. The molecular formula is C16H17BrClN. The van der Waals surface area contributed by atoms with Crippen LogP contribution in [0.2, 0.25) is 5.02 Å². The lowest BCUT2D eigenvalue weighted by atomic mass is 10.1. The molecule has 0 heterocycles. The van der Waals surface area contributed by atoms with Crippen molar-refractivity contribution in [2.75, 3.05) is 6.54 Å². The topological polar surface area (TPSA) is 12.0 Å². The van der Waals surface area contributed by atoms with E-state index in [0.717, 1.165) is 29.0 Å². The minimum Gasteiger partial charge on any atom is -0.312 e. The maximum atomic E-state index is 6.07. The Kier molecular flexibility index (Phi) is 5.44. The Balaban J connectivity index is 1.79. The maximum Gasteiger partial charge on any atom is 0.0551 e. The van der Waals surface area contributed by atoms with Gasteiger partial charge in [0.1, 0.15) is 0 Å². The van der Waals surface area contributed by atoms with Crippen molar-refractivity contribution in [3.8, 4) is 0 Å². The van der Waals surface area contributed by atoms with Crippen molar-refractivity contribution in [1.29, 1.82) is 0 Å². The Morgan fingerprint density at radius 3 is 2.68 bits per heavy atom. The van der Waals surface area contributed by atoms with Crippen molar-refractivity contribution in [3.63, 3.8) is 0 Å². The molecule has 2 aromatic carbocycles. The van der Waals surface area contributed by atoms with Crippen LogP contribution in [0.25, 0.3) is 0 Å². The molecule has 0 aromatic heterocycles. The second-order valence-electron chi connectivity index (χ2n) is 4.66. The summed E-state index contributed by atoms with van der Waals surface area (Å²) in [5.41, 5.74) is 3.90. The molecule has 0 radical (unpaired) electrons. The van der Waals surface area contributed by atoms with E-state index in [2.05, 4.69) is 58.5 Å². The third-order valence-electron chi connectivity index (χ3n) is 2.99. The van der Waals surface area contributed by atoms with E-state index >= 15 is 0 Å². The van der Waals surface area contributed by atoms with E-state index in [0.29, 0.717) is 0 Å². The Labute approximate surface area is 128 Å². The highest BCUT2D eigenvalue weighted by molar-refractivity contribution is 9.10. The van der Waals surface area contributed by atoms with Crippen LogP contribution in [0.4, 0.5) is 0 Å². The van der Waals surface area contributed by atoms with Gasteiger partial charge >= 0.3 is 0 Å². The average molecular weight is 339 g/mol. The summed E-state index contributed by atoms with van der Waals surface area (Å²) in [7, 11) is 0. The molecule has 0 amide bonds. The fourth-order valence-electron chi connectivity index (χ4n) is 1.98. The Hall–Kier alpha value is -0.830. The van der Waals surface area contributed by atoms with Gasteiger partial charge in [0.2, 0.25) is 0 Å². The van der Waals surface area contributed by atoms with Gasteiger partial charge in [-0.15, -0.1) is 0 Å². The van der Waals surface area contributed by atoms with E-state index in [-0.39, 0.29) is 0 Å². The lowest BCUT2D eigenvalue weighted by Crippen LogP contribution is -2.16. The molecule has 0 saturated carbocycles. The highest BCUT2D eigenvalue weighted by Crippen LogP contribution is 2.23. The van der Waals surface area contributed by atoms with Crippen molar-refractivity contribution in [2.45, 2.75) is 19.9 Å². The molecule has 0 unspecified atom stereocenters. The summed E-state index contributed by atoms with van der Waals surface area (Å²) in [6.07, 6.45) is 1.05. The lowest BCUT2D eigenvalue weighted by Gasteiger charge is -2.07. The summed E-state index contributed by atoms with van der Waals surface area (Å²) in [6.45, 7) is 3.94. The first-order chi connectivity index (χ1) is 9.15. The minimum absolute atomic E-state index is 0.762. The summed E-state index contributed by atoms with van der Waals surface area (Å²) in [6, 6.07) is 14.7. The second kappa shape index (κ2) is 7.09. The maximum absolute atomic E-state index is 6.07. The van der Waals surface area contributed by atoms with Crippen molar-refractivity contribution >= 4 is 27.5 Å². The van der Waals surface area contributed by atoms with Crippen LogP contribution < -0.4 is 5.32 Å². The average Bonchev–Trinajstić information content (AvgIpc) is 2.39. The van der Waals surface area contributed by atoms with Crippen LogP contribution >= 0.6 is 27.5 Å². The second-order valence-corrected chi connectivity index (χ2v) is 5.93. The highest BCUT2D eigenvalue weighted by Gasteiger charge is 1.99. The molecule has 0 saturated heterocycles. The molecule has 19 heavy (non-hydrogen) atoms. The van der Waals surface area contributed by atoms with Gasteiger partial charge in [0.05, 0.1) is 5.02 Å². The Bertz CT molecular complexity index is 554. The molecule has 0 aliphatic rings. The first-order valence-electron chi connectivity index (χ1n) is 6.35.